The molecule has 2 aromatic heterocycles. The Morgan fingerprint density at radius 3 is 2.75 bits per heavy atom. The van der Waals surface area contributed by atoms with E-state index in [-0.39, 0.29) is 0 Å². The van der Waals surface area contributed by atoms with E-state index in [1.807, 2.05) is 24.9 Å². The zero-order chi connectivity index (χ0) is 14.5. The number of hydrogen-bond acceptors (Lipinski definition) is 4. The lowest BCUT2D eigenvalue weighted by atomic mass is 10.2. The van der Waals surface area contributed by atoms with Gasteiger partial charge in [0.05, 0.1) is 16.4 Å². The van der Waals surface area contributed by atoms with Gasteiger partial charge in [-0.2, -0.15) is 5.10 Å². The summed E-state index contributed by atoms with van der Waals surface area (Å²) in [5.74, 6) is 0. The lowest BCUT2D eigenvalue weighted by molar-refractivity contribution is 0.558. The number of aromatic nitrogens is 3. The first kappa shape index (κ1) is 15.1. The van der Waals surface area contributed by atoms with Crippen LogP contribution < -0.4 is 5.32 Å². The molecule has 0 saturated carbocycles. The SMILES string of the molecule is CCCNC(C)c1ccc(Sc2cc(C)nn2C)cn1. The van der Waals surface area contributed by atoms with Crippen LogP contribution in [0.2, 0.25) is 0 Å². The Morgan fingerprint density at radius 2 is 2.20 bits per heavy atom. The summed E-state index contributed by atoms with van der Waals surface area (Å²) in [6.45, 7) is 7.35. The van der Waals surface area contributed by atoms with Gasteiger partial charge in [-0.25, -0.2) is 0 Å². The Balaban J connectivity index is 2.03. The zero-order valence-electron chi connectivity index (χ0n) is 12.6. The molecular formula is C15H22N4S. The molecule has 4 nitrogen and oxygen atoms in total. The van der Waals surface area contributed by atoms with Gasteiger partial charge in [-0.05, 0) is 45.0 Å². The summed E-state index contributed by atoms with van der Waals surface area (Å²) in [6, 6.07) is 6.61. The van der Waals surface area contributed by atoms with Gasteiger partial charge in [-0.1, -0.05) is 18.7 Å². The van der Waals surface area contributed by atoms with Crippen LogP contribution in [0, 0.1) is 6.92 Å². The van der Waals surface area contributed by atoms with Gasteiger partial charge in [-0.3, -0.25) is 9.67 Å². The fourth-order valence-electron chi connectivity index (χ4n) is 1.98. The molecule has 108 valence electrons. The van der Waals surface area contributed by atoms with Gasteiger partial charge in [0.15, 0.2) is 0 Å². The zero-order valence-corrected chi connectivity index (χ0v) is 13.4. The van der Waals surface area contributed by atoms with Gasteiger partial charge in [0, 0.05) is 24.2 Å². The molecule has 0 aromatic carbocycles. The molecule has 0 aliphatic carbocycles. The molecule has 2 rings (SSSR count). The highest BCUT2D eigenvalue weighted by molar-refractivity contribution is 7.99. The van der Waals surface area contributed by atoms with E-state index in [4.69, 9.17) is 0 Å². The Labute approximate surface area is 125 Å². The quantitative estimate of drug-likeness (QED) is 0.886. The number of nitrogens with one attached hydrogen (secondary N) is 1. The Hall–Kier alpha value is -1.33. The predicted molar refractivity (Wildman–Crippen MR) is 83.0 cm³/mol. The van der Waals surface area contributed by atoms with Crippen molar-refractivity contribution in [2.75, 3.05) is 6.54 Å². The Kier molecular flexibility index (Phi) is 5.20. The highest BCUT2D eigenvalue weighted by atomic mass is 32.2. The molecule has 0 fully saturated rings. The predicted octanol–water partition coefficient (Wildman–Crippen LogP) is 3.34. The van der Waals surface area contributed by atoms with Crippen LogP contribution in [0.4, 0.5) is 0 Å². The summed E-state index contributed by atoms with van der Waals surface area (Å²) in [6.07, 6.45) is 3.07. The summed E-state index contributed by atoms with van der Waals surface area (Å²) in [4.78, 5) is 5.69. The largest absolute Gasteiger partial charge is 0.309 e. The molecule has 0 aliphatic heterocycles. The van der Waals surface area contributed by atoms with Gasteiger partial charge in [0.2, 0.25) is 0 Å². The van der Waals surface area contributed by atoms with E-state index < -0.39 is 0 Å². The first-order valence-electron chi connectivity index (χ1n) is 6.98. The number of nitrogens with zero attached hydrogens (tertiary/aromatic N) is 3. The van der Waals surface area contributed by atoms with Crippen molar-refractivity contribution in [2.24, 2.45) is 7.05 Å². The van der Waals surface area contributed by atoms with Crippen LogP contribution in [0.5, 0.6) is 0 Å². The summed E-state index contributed by atoms with van der Waals surface area (Å²) in [5.41, 5.74) is 2.13. The van der Waals surface area contributed by atoms with Crippen LogP contribution >= 0.6 is 11.8 Å². The van der Waals surface area contributed by atoms with Crippen molar-refractivity contribution in [3.05, 3.63) is 35.8 Å². The highest BCUT2D eigenvalue weighted by Gasteiger charge is 2.08. The minimum absolute atomic E-state index is 0.299. The van der Waals surface area contributed by atoms with Crippen molar-refractivity contribution < 1.29 is 0 Å². The normalized spacial score (nSPS) is 12.6. The van der Waals surface area contributed by atoms with Crippen molar-refractivity contribution >= 4 is 11.8 Å². The fourth-order valence-corrected chi connectivity index (χ4v) is 2.86. The number of hydrogen-bond donors (Lipinski definition) is 1. The first-order chi connectivity index (χ1) is 9.60. The summed E-state index contributed by atoms with van der Waals surface area (Å²) >= 11 is 1.69. The lowest BCUT2D eigenvalue weighted by Crippen LogP contribution is -2.20. The third-order valence-corrected chi connectivity index (χ3v) is 4.15. The number of aryl methyl sites for hydroxylation is 2. The molecule has 1 N–H and O–H groups in total. The lowest BCUT2D eigenvalue weighted by Gasteiger charge is -2.12. The highest BCUT2D eigenvalue weighted by Crippen LogP contribution is 2.27. The summed E-state index contributed by atoms with van der Waals surface area (Å²) in [7, 11) is 1.97. The third-order valence-electron chi connectivity index (χ3n) is 3.08. The average molecular weight is 290 g/mol. The van der Waals surface area contributed by atoms with E-state index in [1.54, 1.807) is 11.8 Å². The second kappa shape index (κ2) is 6.90. The van der Waals surface area contributed by atoms with E-state index in [0.29, 0.717) is 6.04 Å². The van der Waals surface area contributed by atoms with Crippen molar-refractivity contribution in [1.82, 2.24) is 20.1 Å². The average Bonchev–Trinajstić information content (AvgIpc) is 2.75. The molecule has 2 aromatic rings. The van der Waals surface area contributed by atoms with Gasteiger partial charge < -0.3 is 5.32 Å². The molecule has 0 bridgehead atoms. The standard InChI is InChI=1S/C15H22N4S/c1-5-8-16-12(3)14-7-6-13(10-17-14)20-15-9-11(2)18-19(15)4/h6-7,9-10,12,16H,5,8H2,1-4H3. The third kappa shape index (κ3) is 3.84. The minimum atomic E-state index is 0.299. The second-order valence-corrected chi connectivity index (χ2v) is 6.04. The minimum Gasteiger partial charge on any atom is -0.309 e. The van der Waals surface area contributed by atoms with E-state index in [9.17, 15) is 0 Å². The smallest absolute Gasteiger partial charge is 0.0987 e. The Bertz CT molecular complexity index is 548. The van der Waals surface area contributed by atoms with E-state index in [2.05, 4.69) is 47.4 Å². The van der Waals surface area contributed by atoms with E-state index in [1.165, 1.54) is 0 Å². The maximum Gasteiger partial charge on any atom is 0.0987 e. The monoisotopic (exact) mass is 290 g/mol. The van der Waals surface area contributed by atoms with Crippen molar-refractivity contribution in [1.29, 1.82) is 0 Å². The molecule has 5 heteroatoms. The van der Waals surface area contributed by atoms with Gasteiger partial charge in [0.25, 0.3) is 0 Å². The maximum absolute atomic E-state index is 4.55. The summed E-state index contributed by atoms with van der Waals surface area (Å²) in [5, 5.41) is 8.93. The Morgan fingerprint density at radius 1 is 1.40 bits per heavy atom. The fraction of sp³-hybridized carbons (Fsp3) is 0.467. The molecule has 0 radical (unpaired) electrons. The van der Waals surface area contributed by atoms with Crippen LogP contribution in [0.25, 0.3) is 0 Å². The molecule has 1 atom stereocenters. The molecule has 1 unspecified atom stereocenters. The van der Waals surface area contributed by atoms with Gasteiger partial charge in [-0.15, -0.1) is 0 Å². The number of pyridine rings is 1. The molecular weight excluding hydrogens is 268 g/mol. The molecule has 20 heavy (non-hydrogen) atoms. The number of rotatable bonds is 6. The molecule has 0 amide bonds. The van der Waals surface area contributed by atoms with Crippen LogP contribution in [-0.4, -0.2) is 21.3 Å². The van der Waals surface area contributed by atoms with Crippen LogP contribution in [-0.2, 0) is 7.05 Å². The van der Waals surface area contributed by atoms with Crippen molar-refractivity contribution in [2.45, 2.75) is 43.2 Å². The van der Waals surface area contributed by atoms with Crippen LogP contribution in [0.3, 0.4) is 0 Å². The van der Waals surface area contributed by atoms with E-state index in [0.717, 1.165) is 34.3 Å². The van der Waals surface area contributed by atoms with Crippen molar-refractivity contribution in [3.63, 3.8) is 0 Å². The summed E-state index contributed by atoms with van der Waals surface area (Å²) < 4.78 is 1.90. The van der Waals surface area contributed by atoms with Gasteiger partial charge in [0.1, 0.15) is 0 Å². The molecule has 0 aliphatic rings. The molecule has 2 heterocycles. The van der Waals surface area contributed by atoms with Gasteiger partial charge >= 0.3 is 0 Å². The van der Waals surface area contributed by atoms with Crippen LogP contribution in [0.1, 0.15) is 37.7 Å². The van der Waals surface area contributed by atoms with Crippen molar-refractivity contribution in [3.8, 4) is 0 Å². The second-order valence-electron chi connectivity index (χ2n) is 4.94. The van der Waals surface area contributed by atoms with Crippen LogP contribution in [0.15, 0.2) is 34.3 Å². The molecule has 0 saturated heterocycles. The van der Waals surface area contributed by atoms with E-state index >= 15 is 0 Å². The maximum atomic E-state index is 4.55. The molecule has 0 spiro atoms. The topological polar surface area (TPSA) is 42.7 Å². The first-order valence-corrected chi connectivity index (χ1v) is 7.79.